The van der Waals surface area contributed by atoms with Crippen LogP contribution in [0.1, 0.15) is 66.2 Å². The van der Waals surface area contributed by atoms with Gasteiger partial charge >= 0.3 is 0 Å². The molecule has 1 heterocycles. The van der Waals surface area contributed by atoms with E-state index in [2.05, 4.69) is 30.6 Å². The molecule has 0 spiro atoms. The van der Waals surface area contributed by atoms with Crippen molar-refractivity contribution < 1.29 is 14.0 Å². The number of halogens is 1. The van der Waals surface area contributed by atoms with Gasteiger partial charge in [0.2, 0.25) is 11.8 Å². The SMILES string of the molecule is CC(C)(CF)NC(=O)[C@H]1CC[C@H]2[C@@H]3CC[C@H]4NC(=O)C=C[C@]4(C)[C@H]3CC[C@]12C. The number of rotatable bonds is 3. The maximum Gasteiger partial charge on any atom is 0.243 e. The van der Waals surface area contributed by atoms with E-state index < -0.39 is 12.2 Å². The molecule has 4 nitrogen and oxygen atoms in total. The van der Waals surface area contributed by atoms with E-state index in [-0.39, 0.29) is 34.6 Å². The number of carbonyl (C=O) groups excluding carboxylic acids is 2. The fraction of sp³-hybridized carbons (Fsp3) is 0.826. The fourth-order valence-electron chi connectivity index (χ4n) is 7.22. The van der Waals surface area contributed by atoms with Crippen LogP contribution < -0.4 is 10.6 Å². The van der Waals surface area contributed by atoms with Crippen LogP contribution in [-0.4, -0.2) is 30.1 Å². The number of alkyl halides is 1. The quantitative estimate of drug-likeness (QED) is 0.771. The number of nitrogens with one attached hydrogen (secondary N) is 2. The predicted molar refractivity (Wildman–Crippen MR) is 107 cm³/mol. The van der Waals surface area contributed by atoms with Crippen LogP contribution in [0.25, 0.3) is 0 Å². The van der Waals surface area contributed by atoms with E-state index in [1.165, 1.54) is 0 Å². The van der Waals surface area contributed by atoms with E-state index >= 15 is 0 Å². The van der Waals surface area contributed by atoms with Gasteiger partial charge in [0, 0.05) is 17.4 Å². The highest BCUT2D eigenvalue weighted by atomic mass is 19.1. The normalized spacial score (nSPS) is 44.9. The van der Waals surface area contributed by atoms with Gasteiger partial charge in [-0.25, -0.2) is 4.39 Å². The lowest BCUT2D eigenvalue weighted by Crippen LogP contribution is -2.60. The minimum atomic E-state index is -0.792. The van der Waals surface area contributed by atoms with E-state index in [1.807, 2.05) is 0 Å². The molecule has 7 atom stereocenters. The van der Waals surface area contributed by atoms with E-state index in [4.69, 9.17) is 0 Å². The van der Waals surface area contributed by atoms with Crippen molar-refractivity contribution in [1.82, 2.24) is 10.6 Å². The van der Waals surface area contributed by atoms with E-state index in [0.29, 0.717) is 17.8 Å². The molecule has 0 aromatic carbocycles. The Bertz CT molecular complexity index is 705. The molecule has 0 aromatic heterocycles. The zero-order chi connectivity index (χ0) is 20.3. The van der Waals surface area contributed by atoms with Crippen molar-refractivity contribution in [2.45, 2.75) is 77.8 Å². The number of amides is 2. The Balaban J connectivity index is 1.56. The van der Waals surface area contributed by atoms with Gasteiger partial charge in [-0.1, -0.05) is 19.9 Å². The first-order chi connectivity index (χ1) is 13.1. The van der Waals surface area contributed by atoms with E-state index in [1.54, 1.807) is 19.9 Å². The van der Waals surface area contributed by atoms with Crippen molar-refractivity contribution in [3.05, 3.63) is 12.2 Å². The molecular formula is C23H35FN2O2. The van der Waals surface area contributed by atoms with Gasteiger partial charge in [-0.2, -0.15) is 0 Å². The highest BCUT2D eigenvalue weighted by Gasteiger charge is 2.61. The summed E-state index contributed by atoms with van der Waals surface area (Å²) < 4.78 is 13.2. The summed E-state index contributed by atoms with van der Waals surface area (Å²) in [4.78, 5) is 24.9. The Kier molecular flexibility index (Phi) is 4.67. The molecule has 0 unspecified atom stereocenters. The van der Waals surface area contributed by atoms with Crippen LogP contribution in [0.3, 0.4) is 0 Å². The van der Waals surface area contributed by atoms with Crippen LogP contribution in [0.2, 0.25) is 0 Å². The summed E-state index contributed by atoms with van der Waals surface area (Å²) in [6.45, 7) is 7.58. The lowest BCUT2D eigenvalue weighted by Gasteiger charge is -2.58. The van der Waals surface area contributed by atoms with Gasteiger partial charge in [-0.05, 0) is 81.6 Å². The average Bonchev–Trinajstić information content (AvgIpc) is 2.99. The van der Waals surface area contributed by atoms with Crippen LogP contribution in [0.15, 0.2) is 12.2 Å². The zero-order valence-electron chi connectivity index (χ0n) is 17.7. The highest BCUT2D eigenvalue weighted by molar-refractivity contribution is 5.89. The average molecular weight is 391 g/mol. The Morgan fingerprint density at radius 3 is 2.68 bits per heavy atom. The second kappa shape index (κ2) is 6.56. The molecule has 1 aliphatic heterocycles. The molecule has 4 aliphatic rings. The van der Waals surface area contributed by atoms with E-state index in [0.717, 1.165) is 38.5 Å². The topological polar surface area (TPSA) is 58.2 Å². The molecule has 3 fully saturated rings. The van der Waals surface area contributed by atoms with Crippen LogP contribution in [-0.2, 0) is 9.59 Å². The number of fused-ring (bicyclic) bond motifs is 5. The maximum absolute atomic E-state index is 13.2. The summed E-state index contributed by atoms with van der Waals surface area (Å²) >= 11 is 0. The van der Waals surface area contributed by atoms with Gasteiger partial charge in [0.1, 0.15) is 6.67 Å². The van der Waals surface area contributed by atoms with Crippen molar-refractivity contribution in [2.24, 2.45) is 34.5 Å². The Hall–Kier alpha value is -1.39. The summed E-state index contributed by atoms with van der Waals surface area (Å²) in [6.07, 6.45) is 10.2. The number of carbonyl (C=O) groups is 2. The third-order valence-electron chi connectivity index (χ3n) is 8.80. The molecule has 28 heavy (non-hydrogen) atoms. The van der Waals surface area contributed by atoms with Crippen LogP contribution >= 0.6 is 0 Å². The lowest BCUT2D eigenvalue weighted by atomic mass is 9.48. The summed E-state index contributed by atoms with van der Waals surface area (Å²) in [5.41, 5.74) is -0.767. The van der Waals surface area contributed by atoms with Crippen molar-refractivity contribution in [1.29, 1.82) is 0 Å². The highest BCUT2D eigenvalue weighted by Crippen LogP contribution is 2.65. The van der Waals surface area contributed by atoms with Crippen LogP contribution in [0.5, 0.6) is 0 Å². The molecule has 0 radical (unpaired) electrons. The minimum absolute atomic E-state index is 0.00245. The molecule has 5 heteroatoms. The van der Waals surface area contributed by atoms with Crippen LogP contribution in [0, 0.1) is 34.5 Å². The Labute approximate surface area is 168 Å². The van der Waals surface area contributed by atoms with Gasteiger partial charge in [-0.15, -0.1) is 0 Å². The first kappa shape index (κ1) is 19.9. The monoisotopic (exact) mass is 390 g/mol. The molecular weight excluding hydrogens is 355 g/mol. The molecule has 3 aliphatic carbocycles. The summed E-state index contributed by atoms with van der Waals surface area (Å²) in [7, 11) is 0. The molecule has 0 bridgehead atoms. The summed E-state index contributed by atoms with van der Waals surface area (Å²) in [6, 6.07) is 0.237. The second-order valence-corrected chi connectivity index (χ2v) is 10.9. The molecule has 0 saturated heterocycles. The molecule has 2 amide bonds. The molecule has 156 valence electrons. The fourth-order valence-corrected chi connectivity index (χ4v) is 7.22. The summed E-state index contributed by atoms with van der Waals surface area (Å²) in [5.74, 6) is 1.76. The third-order valence-corrected chi connectivity index (χ3v) is 8.80. The summed E-state index contributed by atoms with van der Waals surface area (Å²) in [5, 5.41) is 6.16. The second-order valence-electron chi connectivity index (χ2n) is 10.9. The number of hydrogen-bond acceptors (Lipinski definition) is 2. The smallest absolute Gasteiger partial charge is 0.243 e. The van der Waals surface area contributed by atoms with Gasteiger partial charge in [0.15, 0.2) is 0 Å². The van der Waals surface area contributed by atoms with Crippen molar-refractivity contribution in [3.63, 3.8) is 0 Å². The number of hydrogen-bond donors (Lipinski definition) is 2. The lowest BCUT2D eigenvalue weighted by molar-refractivity contribution is -0.135. The molecule has 3 saturated carbocycles. The maximum atomic E-state index is 13.2. The molecule has 4 rings (SSSR count). The van der Waals surface area contributed by atoms with Crippen molar-refractivity contribution >= 4 is 11.8 Å². The van der Waals surface area contributed by atoms with Crippen LogP contribution in [0.4, 0.5) is 4.39 Å². The first-order valence-corrected chi connectivity index (χ1v) is 11.0. The largest absolute Gasteiger partial charge is 0.349 e. The van der Waals surface area contributed by atoms with Gasteiger partial charge < -0.3 is 10.6 Å². The standard InChI is InChI=1S/C23H35FN2O2/c1-21(2,13-24)26-20(28)17-7-6-15-14-5-8-18-23(4,12-10-19(27)25-18)16(14)9-11-22(15,17)3/h10,12,14-18H,5-9,11,13H2,1-4H3,(H,25,27)(H,26,28)/t14-,15-,16-,17+,18+,22-,23+/m0/s1. The van der Waals surface area contributed by atoms with Crippen molar-refractivity contribution in [3.8, 4) is 0 Å². The van der Waals surface area contributed by atoms with Gasteiger partial charge in [-0.3, -0.25) is 9.59 Å². The van der Waals surface area contributed by atoms with E-state index in [9.17, 15) is 14.0 Å². The third kappa shape index (κ3) is 2.91. The van der Waals surface area contributed by atoms with Gasteiger partial charge in [0.05, 0.1) is 5.54 Å². The minimum Gasteiger partial charge on any atom is -0.349 e. The molecule has 2 N–H and O–H groups in total. The zero-order valence-corrected chi connectivity index (χ0v) is 17.7. The molecule has 0 aromatic rings. The Morgan fingerprint density at radius 1 is 1.21 bits per heavy atom. The Morgan fingerprint density at radius 2 is 1.96 bits per heavy atom. The predicted octanol–water partition coefficient (Wildman–Crippen LogP) is 3.76. The van der Waals surface area contributed by atoms with Crippen molar-refractivity contribution in [2.75, 3.05) is 6.67 Å². The van der Waals surface area contributed by atoms with Gasteiger partial charge in [0.25, 0.3) is 0 Å². The first-order valence-electron chi connectivity index (χ1n) is 11.0.